The number of pyridine rings is 1. The lowest BCUT2D eigenvalue weighted by molar-refractivity contribution is -0.118. The van der Waals surface area contributed by atoms with Crippen LogP contribution in [0.25, 0.3) is 0 Å². The number of anilines is 1. The average Bonchev–Trinajstić information content (AvgIpc) is 2.86. The Balaban J connectivity index is 1.63. The SMILES string of the molecule is NC(=O)CC1CN(CCCc2ccccc2)c2ncccc21. The number of fused-ring (bicyclic) bond motifs is 1. The Kier molecular flexibility index (Phi) is 4.37. The lowest BCUT2D eigenvalue weighted by Crippen LogP contribution is -2.25. The highest BCUT2D eigenvalue weighted by atomic mass is 16.1. The van der Waals surface area contributed by atoms with E-state index >= 15 is 0 Å². The van der Waals surface area contributed by atoms with Crippen molar-refractivity contribution < 1.29 is 4.79 Å². The van der Waals surface area contributed by atoms with Gasteiger partial charge in [0.05, 0.1) is 0 Å². The summed E-state index contributed by atoms with van der Waals surface area (Å²) in [6.07, 6.45) is 4.34. The summed E-state index contributed by atoms with van der Waals surface area (Å²) >= 11 is 0. The molecule has 114 valence electrons. The third-order valence-corrected chi connectivity index (χ3v) is 4.18. The molecule has 0 aliphatic carbocycles. The molecule has 2 N–H and O–H groups in total. The molecular weight excluding hydrogens is 274 g/mol. The van der Waals surface area contributed by atoms with E-state index in [1.54, 1.807) is 0 Å². The molecule has 4 heteroatoms. The minimum absolute atomic E-state index is 0.179. The molecule has 0 saturated carbocycles. The Bertz CT molecular complexity index is 642. The van der Waals surface area contributed by atoms with Crippen LogP contribution in [0.5, 0.6) is 0 Å². The zero-order valence-corrected chi connectivity index (χ0v) is 12.6. The van der Waals surface area contributed by atoms with E-state index in [4.69, 9.17) is 5.73 Å². The number of amides is 1. The monoisotopic (exact) mass is 295 g/mol. The number of rotatable bonds is 6. The lowest BCUT2D eigenvalue weighted by Gasteiger charge is -2.18. The van der Waals surface area contributed by atoms with Crippen molar-refractivity contribution in [3.8, 4) is 0 Å². The van der Waals surface area contributed by atoms with Crippen molar-refractivity contribution in [1.29, 1.82) is 0 Å². The molecule has 1 aliphatic heterocycles. The molecule has 0 saturated heterocycles. The molecule has 2 heterocycles. The molecular formula is C18H21N3O. The smallest absolute Gasteiger partial charge is 0.218 e. The summed E-state index contributed by atoms with van der Waals surface area (Å²) in [6, 6.07) is 14.5. The van der Waals surface area contributed by atoms with E-state index in [1.807, 2.05) is 18.3 Å². The van der Waals surface area contributed by atoms with Crippen molar-refractivity contribution in [1.82, 2.24) is 4.98 Å². The number of hydrogen-bond acceptors (Lipinski definition) is 3. The normalized spacial score (nSPS) is 16.5. The molecule has 2 aromatic rings. The van der Waals surface area contributed by atoms with E-state index in [9.17, 15) is 4.79 Å². The van der Waals surface area contributed by atoms with Gasteiger partial charge in [0, 0.05) is 37.2 Å². The second-order valence-electron chi connectivity index (χ2n) is 5.82. The van der Waals surface area contributed by atoms with Gasteiger partial charge in [-0.2, -0.15) is 0 Å². The third-order valence-electron chi connectivity index (χ3n) is 4.18. The second-order valence-corrected chi connectivity index (χ2v) is 5.82. The standard InChI is InChI=1S/C18H21N3O/c19-17(22)12-15-13-21(18-16(15)9-4-10-20-18)11-5-8-14-6-2-1-3-7-14/h1-4,6-7,9-10,15H,5,8,11-13H2,(H2,19,22). The van der Waals surface area contributed by atoms with Crippen LogP contribution in [0.1, 0.15) is 29.9 Å². The van der Waals surface area contributed by atoms with Gasteiger partial charge in [-0.3, -0.25) is 4.79 Å². The van der Waals surface area contributed by atoms with Crippen molar-refractivity contribution in [3.05, 3.63) is 59.8 Å². The van der Waals surface area contributed by atoms with E-state index in [0.717, 1.165) is 37.3 Å². The van der Waals surface area contributed by atoms with E-state index in [1.165, 1.54) is 5.56 Å². The Labute approximate surface area is 131 Å². The molecule has 4 nitrogen and oxygen atoms in total. The van der Waals surface area contributed by atoms with Crippen molar-refractivity contribution in [2.45, 2.75) is 25.2 Å². The zero-order valence-electron chi connectivity index (χ0n) is 12.6. The molecule has 3 rings (SSSR count). The fourth-order valence-electron chi connectivity index (χ4n) is 3.18. The number of carbonyl (C=O) groups excluding carboxylic acids is 1. The Morgan fingerprint density at radius 2 is 2.05 bits per heavy atom. The number of aryl methyl sites for hydroxylation is 1. The van der Waals surface area contributed by atoms with E-state index in [-0.39, 0.29) is 11.8 Å². The summed E-state index contributed by atoms with van der Waals surface area (Å²) in [7, 11) is 0. The van der Waals surface area contributed by atoms with Gasteiger partial charge >= 0.3 is 0 Å². The maximum atomic E-state index is 11.3. The van der Waals surface area contributed by atoms with Crippen molar-refractivity contribution in [2.75, 3.05) is 18.0 Å². The summed E-state index contributed by atoms with van der Waals surface area (Å²) in [4.78, 5) is 18.0. The molecule has 22 heavy (non-hydrogen) atoms. The fraction of sp³-hybridized carbons (Fsp3) is 0.333. The highest BCUT2D eigenvalue weighted by Gasteiger charge is 2.30. The first-order valence-electron chi connectivity index (χ1n) is 7.76. The average molecular weight is 295 g/mol. The maximum Gasteiger partial charge on any atom is 0.218 e. The predicted octanol–water partition coefficient (Wildman–Crippen LogP) is 2.49. The summed E-state index contributed by atoms with van der Waals surface area (Å²) in [6.45, 7) is 1.79. The predicted molar refractivity (Wildman–Crippen MR) is 87.8 cm³/mol. The Hall–Kier alpha value is -2.36. The van der Waals surface area contributed by atoms with E-state index in [2.05, 4.69) is 40.2 Å². The molecule has 1 aromatic heterocycles. The van der Waals surface area contributed by atoms with Gasteiger partial charge in [-0.05, 0) is 24.5 Å². The highest BCUT2D eigenvalue weighted by Crippen LogP contribution is 2.36. The van der Waals surface area contributed by atoms with Crippen LogP contribution < -0.4 is 10.6 Å². The van der Waals surface area contributed by atoms with Crippen molar-refractivity contribution in [2.24, 2.45) is 5.73 Å². The van der Waals surface area contributed by atoms with Crippen LogP contribution >= 0.6 is 0 Å². The van der Waals surface area contributed by atoms with Gasteiger partial charge in [-0.1, -0.05) is 36.4 Å². The number of carbonyl (C=O) groups is 1. The number of benzene rings is 1. The first-order valence-corrected chi connectivity index (χ1v) is 7.76. The van der Waals surface area contributed by atoms with Crippen LogP contribution in [-0.4, -0.2) is 24.0 Å². The van der Waals surface area contributed by atoms with Gasteiger partial charge in [-0.25, -0.2) is 4.98 Å². The topological polar surface area (TPSA) is 59.2 Å². The fourth-order valence-corrected chi connectivity index (χ4v) is 3.18. The Morgan fingerprint density at radius 1 is 1.23 bits per heavy atom. The van der Waals surface area contributed by atoms with E-state index in [0.29, 0.717) is 6.42 Å². The van der Waals surface area contributed by atoms with Gasteiger partial charge < -0.3 is 10.6 Å². The van der Waals surface area contributed by atoms with Crippen LogP contribution in [0.15, 0.2) is 48.7 Å². The minimum Gasteiger partial charge on any atom is -0.370 e. The van der Waals surface area contributed by atoms with Crippen LogP contribution in [-0.2, 0) is 11.2 Å². The molecule has 1 aliphatic rings. The van der Waals surface area contributed by atoms with Gasteiger partial charge in [0.1, 0.15) is 5.82 Å². The summed E-state index contributed by atoms with van der Waals surface area (Å²) in [5.41, 5.74) is 7.88. The van der Waals surface area contributed by atoms with Gasteiger partial charge in [0.2, 0.25) is 5.91 Å². The van der Waals surface area contributed by atoms with Crippen LogP contribution in [0, 0.1) is 0 Å². The first-order chi connectivity index (χ1) is 10.7. The largest absolute Gasteiger partial charge is 0.370 e. The van der Waals surface area contributed by atoms with Gasteiger partial charge in [-0.15, -0.1) is 0 Å². The van der Waals surface area contributed by atoms with E-state index < -0.39 is 0 Å². The number of hydrogen-bond donors (Lipinski definition) is 1. The van der Waals surface area contributed by atoms with Gasteiger partial charge in [0.25, 0.3) is 0 Å². The molecule has 1 unspecified atom stereocenters. The quantitative estimate of drug-likeness (QED) is 0.890. The summed E-state index contributed by atoms with van der Waals surface area (Å²) in [5, 5.41) is 0. The molecule has 1 amide bonds. The zero-order chi connectivity index (χ0) is 15.4. The number of primary amides is 1. The number of nitrogens with two attached hydrogens (primary N) is 1. The summed E-state index contributed by atoms with van der Waals surface area (Å²) < 4.78 is 0. The van der Waals surface area contributed by atoms with Crippen molar-refractivity contribution in [3.63, 3.8) is 0 Å². The minimum atomic E-state index is -0.245. The summed E-state index contributed by atoms with van der Waals surface area (Å²) in [5.74, 6) is 0.950. The van der Waals surface area contributed by atoms with Gasteiger partial charge in [0.15, 0.2) is 0 Å². The lowest BCUT2D eigenvalue weighted by atomic mass is 9.99. The molecule has 0 radical (unpaired) electrons. The number of aromatic nitrogens is 1. The number of nitrogens with zero attached hydrogens (tertiary/aromatic N) is 2. The first kappa shape index (κ1) is 14.6. The molecule has 1 atom stereocenters. The molecule has 0 fully saturated rings. The van der Waals surface area contributed by atoms with Crippen LogP contribution in [0.4, 0.5) is 5.82 Å². The molecule has 1 aromatic carbocycles. The van der Waals surface area contributed by atoms with Crippen LogP contribution in [0.2, 0.25) is 0 Å². The second kappa shape index (κ2) is 6.60. The molecule has 0 spiro atoms. The maximum absolute atomic E-state index is 11.3. The van der Waals surface area contributed by atoms with Crippen LogP contribution in [0.3, 0.4) is 0 Å². The van der Waals surface area contributed by atoms with Crippen molar-refractivity contribution >= 4 is 11.7 Å². The third kappa shape index (κ3) is 3.27. The highest BCUT2D eigenvalue weighted by molar-refractivity contribution is 5.76. The molecule has 0 bridgehead atoms. The Morgan fingerprint density at radius 3 is 2.82 bits per heavy atom.